The van der Waals surface area contributed by atoms with Gasteiger partial charge < -0.3 is 10.8 Å². The fourth-order valence-electron chi connectivity index (χ4n) is 1.67. The second kappa shape index (κ2) is 5.73. The number of nitrogens with two attached hydrogens (primary N) is 1. The number of anilines is 1. The van der Waals surface area contributed by atoms with Gasteiger partial charge in [-0.1, -0.05) is 12.1 Å². The third-order valence-electron chi connectivity index (χ3n) is 2.50. The molecule has 0 amide bonds. The van der Waals surface area contributed by atoms with Gasteiger partial charge in [-0.05, 0) is 30.3 Å². The van der Waals surface area contributed by atoms with E-state index in [-0.39, 0.29) is 5.75 Å². The third-order valence-corrected chi connectivity index (χ3v) is 2.50. The molecule has 1 heterocycles. The number of benzene rings is 2. The quantitative estimate of drug-likeness (QED) is 0.524. The third kappa shape index (κ3) is 2.69. The van der Waals surface area contributed by atoms with E-state index in [1.807, 2.05) is 6.07 Å². The van der Waals surface area contributed by atoms with Crippen LogP contribution in [0.25, 0.3) is 16.7 Å². The van der Waals surface area contributed by atoms with E-state index in [4.69, 9.17) is 9.06 Å². The van der Waals surface area contributed by atoms with Crippen LogP contribution in [0.1, 0.15) is 0 Å². The van der Waals surface area contributed by atoms with Crippen LogP contribution in [0.15, 0.2) is 42.5 Å². The van der Waals surface area contributed by atoms with Crippen molar-refractivity contribution in [3.63, 3.8) is 0 Å². The Hall–Kier alpha value is -2.05. The van der Waals surface area contributed by atoms with Crippen LogP contribution in [0.4, 0.5) is 5.69 Å². The van der Waals surface area contributed by atoms with Crippen LogP contribution in [0.5, 0.6) is 5.75 Å². The number of phenolic OH excluding ortho intramolecular Hbond substituents is 1. The van der Waals surface area contributed by atoms with Crippen molar-refractivity contribution >= 4 is 16.7 Å². The second-order valence-corrected chi connectivity index (χ2v) is 3.73. The maximum absolute atomic E-state index is 9.72. The van der Waals surface area contributed by atoms with Gasteiger partial charge >= 0.3 is 23.7 Å². The van der Waals surface area contributed by atoms with Gasteiger partial charge in [0.15, 0.2) is 0 Å². The van der Waals surface area contributed by atoms with Gasteiger partial charge in [0, 0.05) is 5.69 Å². The van der Waals surface area contributed by atoms with Crippen LogP contribution in [-0.4, -0.2) is 20.1 Å². The molecular weight excluding hydrogens is 280 g/mol. The van der Waals surface area contributed by atoms with Gasteiger partial charge in [-0.25, -0.2) is 0 Å². The van der Waals surface area contributed by atoms with Crippen molar-refractivity contribution < 1.29 is 28.8 Å². The summed E-state index contributed by atoms with van der Waals surface area (Å²) in [5.41, 5.74) is 8.30. The Labute approximate surface area is 120 Å². The van der Waals surface area contributed by atoms with Crippen molar-refractivity contribution in [3.8, 4) is 11.4 Å². The molecule has 1 aromatic heterocycles. The first-order valence-electron chi connectivity index (χ1n) is 5.35. The monoisotopic (exact) mass is 290 g/mol. The summed E-state index contributed by atoms with van der Waals surface area (Å²) in [6.07, 6.45) is 0. The zero-order chi connectivity index (χ0) is 13.8. The first-order chi connectivity index (χ1) is 9.24. The molecule has 6 nitrogen and oxygen atoms in total. The minimum atomic E-state index is 0.140. The van der Waals surface area contributed by atoms with E-state index in [0.717, 1.165) is 25.9 Å². The van der Waals surface area contributed by atoms with Crippen LogP contribution >= 0.6 is 0 Å². The van der Waals surface area contributed by atoms with Crippen molar-refractivity contribution in [3.05, 3.63) is 42.5 Å². The Morgan fingerprint density at radius 1 is 1.05 bits per heavy atom. The standard InChI is InChI=1S/C12H10N4O.O.Ti/c13-8-5-6-9-10(7-8)15-16(14-9)11-3-1-2-4-12(11)17;;/h1-7,17H,13H2;;. The van der Waals surface area contributed by atoms with E-state index in [9.17, 15) is 5.11 Å². The Morgan fingerprint density at radius 2 is 1.74 bits per heavy atom. The van der Waals surface area contributed by atoms with Gasteiger partial charge in [0.05, 0.1) is 0 Å². The zero-order valence-electron chi connectivity index (χ0n) is 9.82. The molecule has 7 heteroatoms. The zero-order valence-corrected chi connectivity index (χ0v) is 11.4. The first-order valence-corrected chi connectivity index (χ1v) is 5.99. The summed E-state index contributed by atoms with van der Waals surface area (Å²) in [6, 6.07) is 12.2. The Bertz CT molecular complexity index is 714. The van der Waals surface area contributed by atoms with Crippen molar-refractivity contribution in [2.45, 2.75) is 0 Å². The summed E-state index contributed by atoms with van der Waals surface area (Å²) in [4.78, 5) is 1.40. The van der Waals surface area contributed by atoms with Gasteiger partial charge in [-0.3, -0.25) is 0 Å². The Kier molecular flexibility index (Phi) is 4.04. The molecule has 94 valence electrons. The molecular formula is C12H10N4O2Ti. The topological polar surface area (TPSA) is 94.0 Å². The van der Waals surface area contributed by atoms with E-state index >= 15 is 0 Å². The van der Waals surface area contributed by atoms with Crippen LogP contribution in [0.3, 0.4) is 0 Å². The van der Waals surface area contributed by atoms with E-state index in [0.29, 0.717) is 16.9 Å². The van der Waals surface area contributed by atoms with E-state index in [2.05, 4.69) is 10.2 Å². The van der Waals surface area contributed by atoms with E-state index in [1.165, 1.54) is 4.80 Å². The fourth-order valence-corrected chi connectivity index (χ4v) is 1.67. The molecule has 0 radical (unpaired) electrons. The molecule has 2 aromatic carbocycles. The molecule has 3 aromatic rings. The average molecular weight is 290 g/mol. The molecule has 3 rings (SSSR count). The molecule has 0 saturated heterocycles. The number of rotatable bonds is 1. The molecule has 0 spiro atoms. The first kappa shape index (κ1) is 13.4. The molecule has 0 bridgehead atoms. The molecule has 19 heavy (non-hydrogen) atoms. The number of hydrogen-bond donors (Lipinski definition) is 2. The van der Waals surface area contributed by atoms with Gasteiger partial charge in [-0.2, -0.15) is 0 Å². The molecule has 0 atom stereocenters. The van der Waals surface area contributed by atoms with Gasteiger partial charge in [0.2, 0.25) is 0 Å². The number of para-hydroxylation sites is 2. The maximum atomic E-state index is 9.72. The molecule has 0 unspecified atom stereocenters. The van der Waals surface area contributed by atoms with Crippen molar-refractivity contribution in [1.82, 2.24) is 15.0 Å². The summed E-state index contributed by atoms with van der Waals surface area (Å²) < 4.78 is 8.25. The number of fused-ring (bicyclic) bond motifs is 1. The molecule has 0 saturated carbocycles. The van der Waals surface area contributed by atoms with Crippen molar-refractivity contribution in [1.29, 1.82) is 0 Å². The fraction of sp³-hybridized carbons (Fsp3) is 0. The average Bonchev–Trinajstić information content (AvgIpc) is 2.84. The van der Waals surface area contributed by atoms with Gasteiger partial charge in [0.1, 0.15) is 22.5 Å². The summed E-state index contributed by atoms with van der Waals surface area (Å²) >= 11 is 0.750. The molecule has 0 fully saturated rings. The number of phenols is 1. The molecule has 0 aliphatic heterocycles. The predicted octanol–water partition coefficient (Wildman–Crippen LogP) is 1.59. The van der Waals surface area contributed by atoms with Gasteiger partial charge in [0.25, 0.3) is 0 Å². The Balaban J connectivity index is 0.000000637. The van der Waals surface area contributed by atoms with Crippen molar-refractivity contribution in [2.24, 2.45) is 0 Å². The van der Waals surface area contributed by atoms with Crippen LogP contribution in [-0.2, 0) is 23.7 Å². The summed E-state index contributed by atoms with van der Waals surface area (Å²) in [5, 5.41) is 18.3. The predicted molar refractivity (Wildman–Crippen MR) is 65.6 cm³/mol. The SMILES string of the molecule is Nc1ccc2nn(-c3ccccc3O)nc2c1.[O]=[Ti]. The molecule has 0 aliphatic carbocycles. The van der Waals surface area contributed by atoms with E-state index < -0.39 is 0 Å². The van der Waals surface area contributed by atoms with Gasteiger partial charge in [-0.15, -0.1) is 15.0 Å². The summed E-state index contributed by atoms with van der Waals surface area (Å²) in [7, 11) is 0. The van der Waals surface area contributed by atoms with Crippen LogP contribution in [0, 0.1) is 0 Å². The number of aromatic hydroxyl groups is 1. The minimum absolute atomic E-state index is 0.140. The molecule has 0 aliphatic rings. The van der Waals surface area contributed by atoms with E-state index in [1.54, 1.807) is 36.4 Å². The number of nitrogens with zero attached hydrogens (tertiary/aromatic N) is 3. The summed E-state index contributed by atoms with van der Waals surface area (Å²) in [5.74, 6) is 0.140. The number of nitrogen functional groups attached to an aromatic ring is 1. The van der Waals surface area contributed by atoms with Crippen molar-refractivity contribution in [2.75, 3.05) is 5.73 Å². The van der Waals surface area contributed by atoms with Crippen LogP contribution in [0.2, 0.25) is 0 Å². The normalized spacial score (nSPS) is 9.84. The number of aromatic nitrogens is 3. The summed E-state index contributed by atoms with van der Waals surface area (Å²) in [6.45, 7) is 0. The number of hydrogen-bond acceptors (Lipinski definition) is 5. The second-order valence-electron chi connectivity index (χ2n) is 3.73. The Morgan fingerprint density at radius 3 is 2.47 bits per heavy atom. The molecule has 3 N–H and O–H groups in total. The van der Waals surface area contributed by atoms with Crippen LogP contribution < -0.4 is 5.73 Å².